The van der Waals surface area contributed by atoms with Gasteiger partial charge in [-0.25, -0.2) is 0 Å². The van der Waals surface area contributed by atoms with Crippen LogP contribution < -0.4 is 0 Å². The largest absolute Gasteiger partial charge is 0.348 e. The molecule has 1 saturated heterocycles. The van der Waals surface area contributed by atoms with Crippen molar-refractivity contribution in [2.24, 2.45) is 0 Å². The average Bonchev–Trinajstić information content (AvgIpc) is 3.01. The first-order valence-electron chi connectivity index (χ1n) is 6.99. The summed E-state index contributed by atoms with van der Waals surface area (Å²) >= 11 is 3.73. The van der Waals surface area contributed by atoms with Crippen LogP contribution in [0.25, 0.3) is 6.08 Å². The maximum Gasteiger partial charge on any atom is 0.168 e. The zero-order valence-corrected chi connectivity index (χ0v) is 12.4. The van der Waals surface area contributed by atoms with Crippen LogP contribution in [0.15, 0.2) is 28.7 Å². The molecule has 0 amide bonds. The molecule has 1 heterocycles. The second-order valence-corrected chi connectivity index (χ2v) is 6.66. The van der Waals surface area contributed by atoms with Gasteiger partial charge in [0.05, 0.1) is 13.2 Å². The number of ether oxygens (including phenoxy) is 2. The molecule has 2 aliphatic carbocycles. The summed E-state index contributed by atoms with van der Waals surface area (Å²) in [7, 11) is 0. The smallest absolute Gasteiger partial charge is 0.168 e. The summed E-state index contributed by atoms with van der Waals surface area (Å²) in [5.41, 5.74) is 3.01. The fraction of sp³-hybridized carbons (Fsp3) is 0.500. The van der Waals surface area contributed by atoms with Gasteiger partial charge in [0, 0.05) is 22.7 Å². The van der Waals surface area contributed by atoms with Crippen LogP contribution in [0, 0.1) is 0 Å². The van der Waals surface area contributed by atoms with Gasteiger partial charge in [-0.05, 0) is 30.0 Å². The predicted octanol–water partition coefficient (Wildman–Crippen LogP) is 4.03. The Balaban J connectivity index is 1.67. The molecule has 0 N–H and O–H groups in total. The van der Waals surface area contributed by atoms with Crippen molar-refractivity contribution < 1.29 is 9.47 Å². The van der Waals surface area contributed by atoms with Crippen molar-refractivity contribution >= 4 is 22.0 Å². The van der Waals surface area contributed by atoms with Crippen LogP contribution in [-0.4, -0.2) is 19.0 Å². The monoisotopic (exact) mass is 320 g/mol. The molecule has 2 nitrogen and oxygen atoms in total. The van der Waals surface area contributed by atoms with E-state index in [0.717, 1.165) is 38.9 Å². The fourth-order valence-corrected chi connectivity index (χ4v) is 4.59. The van der Waals surface area contributed by atoms with Crippen LogP contribution in [0.5, 0.6) is 0 Å². The van der Waals surface area contributed by atoms with E-state index in [4.69, 9.17) is 9.47 Å². The van der Waals surface area contributed by atoms with E-state index < -0.39 is 0 Å². The van der Waals surface area contributed by atoms with Crippen molar-refractivity contribution in [3.05, 3.63) is 39.9 Å². The van der Waals surface area contributed by atoms with Gasteiger partial charge in [-0.1, -0.05) is 40.2 Å². The minimum Gasteiger partial charge on any atom is -0.348 e. The first kappa shape index (κ1) is 12.1. The number of rotatable bonds is 0. The molecule has 3 heteroatoms. The summed E-state index contributed by atoms with van der Waals surface area (Å²) in [6.07, 6.45) is 8.88. The summed E-state index contributed by atoms with van der Waals surface area (Å²) in [6.45, 7) is 1.51. The van der Waals surface area contributed by atoms with Crippen LogP contribution in [0.3, 0.4) is 0 Å². The fourth-order valence-electron chi connectivity index (χ4n) is 3.82. The van der Waals surface area contributed by atoms with Crippen molar-refractivity contribution in [3.63, 3.8) is 0 Å². The molecule has 0 aromatic heterocycles. The van der Waals surface area contributed by atoms with E-state index in [9.17, 15) is 0 Å². The second-order valence-electron chi connectivity index (χ2n) is 5.80. The van der Waals surface area contributed by atoms with Gasteiger partial charge < -0.3 is 9.47 Å². The lowest BCUT2D eigenvalue weighted by atomic mass is 9.69. The van der Waals surface area contributed by atoms with Gasteiger partial charge in [-0.2, -0.15) is 0 Å². The molecule has 1 aromatic rings. The normalized spacial score (nSPS) is 26.2. The van der Waals surface area contributed by atoms with Gasteiger partial charge in [-0.3, -0.25) is 0 Å². The first-order valence-corrected chi connectivity index (χ1v) is 7.79. The van der Waals surface area contributed by atoms with E-state index in [1.165, 1.54) is 15.6 Å². The van der Waals surface area contributed by atoms with Crippen molar-refractivity contribution in [3.8, 4) is 0 Å². The summed E-state index contributed by atoms with van der Waals surface area (Å²) < 4.78 is 12.9. The molecule has 1 aliphatic heterocycles. The average molecular weight is 321 g/mol. The Labute approximate surface area is 121 Å². The molecule has 19 heavy (non-hydrogen) atoms. The highest BCUT2D eigenvalue weighted by Crippen LogP contribution is 2.52. The Kier molecular flexibility index (Phi) is 2.66. The third kappa shape index (κ3) is 1.75. The Morgan fingerprint density at radius 1 is 1.00 bits per heavy atom. The molecule has 0 atom stereocenters. The predicted molar refractivity (Wildman–Crippen MR) is 78.0 cm³/mol. The lowest BCUT2D eigenvalue weighted by Crippen LogP contribution is -2.40. The molecule has 3 aliphatic rings. The number of fused-ring (bicyclic) bond motifs is 2. The van der Waals surface area contributed by atoms with Crippen molar-refractivity contribution in [2.45, 2.75) is 36.9 Å². The molecule has 2 fully saturated rings. The first-order chi connectivity index (χ1) is 9.23. The number of allylic oxidation sites excluding steroid dienone is 1. The zero-order chi connectivity index (χ0) is 12.9. The number of hydrogen-bond acceptors (Lipinski definition) is 2. The SMILES string of the molecule is Brc1cccc2c1C1(C=C2)CCC2(CC1)OCCO2. The highest BCUT2D eigenvalue weighted by atomic mass is 79.9. The van der Waals surface area contributed by atoms with Gasteiger partial charge in [0.15, 0.2) is 5.79 Å². The molecule has 1 saturated carbocycles. The topological polar surface area (TPSA) is 18.5 Å². The highest BCUT2D eigenvalue weighted by molar-refractivity contribution is 9.10. The van der Waals surface area contributed by atoms with Gasteiger partial charge in [-0.15, -0.1) is 0 Å². The molecule has 2 spiro atoms. The maximum atomic E-state index is 5.84. The number of benzene rings is 1. The van der Waals surface area contributed by atoms with Gasteiger partial charge in [0.2, 0.25) is 0 Å². The maximum absolute atomic E-state index is 5.84. The minimum absolute atomic E-state index is 0.190. The molecule has 0 radical (unpaired) electrons. The number of halogens is 1. The Bertz CT molecular complexity index is 534. The van der Waals surface area contributed by atoms with Crippen LogP contribution in [-0.2, 0) is 14.9 Å². The summed E-state index contributed by atoms with van der Waals surface area (Å²) in [6, 6.07) is 6.47. The number of hydrogen-bond donors (Lipinski definition) is 0. The van der Waals surface area contributed by atoms with Crippen molar-refractivity contribution in [1.29, 1.82) is 0 Å². The summed E-state index contributed by atoms with van der Waals surface area (Å²) in [5, 5.41) is 0. The molecular formula is C16H17BrO2. The van der Waals surface area contributed by atoms with E-state index >= 15 is 0 Å². The van der Waals surface area contributed by atoms with Gasteiger partial charge in [0.25, 0.3) is 0 Å². The van der Waals surface area contributed by atoms with Gasteiger partial charge >= 0.3 is 0 Å². The lowest BCUT2D eigenvalue weighted by Gasteiger charge is -2.41. The van der Waals surface area contributed by atoms with E-state index in [1.54, 1.807) is 0 Å². The van der Waals surface area contributed by atoms with E-state index in [-0.39, 0.29) is 11.2 Å². The second kappa shape index (κ2) is 4.18. The standard InChI is InChI=1S/C16H17BrO2/c17-13-3-1-2-12-4-5-15(14(12)13)6-8-16(9-7-15)18-10-11-19-16/h1-5H,6-11H2. The van der Waals surface area contributed by atoms with Crippen LogP contribution in [0.1, 0.15) is 36.8 Å². The molecule has 0 bridgehead atoms. The molecule has 1 aromatic carbocycles. The zero-order valence-electron chi connectivity index (χ0n) is 10.8. The van der Waals surface area contributed by atoms with Crippen LogP contribution in [0.4, 0.5) is 0 Å². The minimum atomic E-state index is -0.275. The van der Waals surface area contributed by atoms with E-state index in [1.807, 2.05) is 0 Å². The Hall–Kier alpha value is -0.640. The van der Waals surface area contributed by atoms with Crippen molar-refractivity contribution in [2.75, 3.05) is 13.2 Å². The molecule has 4 rings (SSSR count). The highest BCUT2D eigenvalue weighted by Gasteiger charge is 2.48. The van der Waals surface area contributed by atoms with E-state index in [0.29, 0.717) is 0 Å². The molecule has 0 unspecified atom stereocenters. The molecular weight excluding hydrogens is 304 g/mol. The Morgan fingerprint density at radius 3 is 2.47 bits per heavy atom. The lowest BCUT2D eigenvalue weighted by molar-refractivity contribution is -0.182. The van der Waals surface area contributed by atoms with Crippen LogP contribution >= 0.6 is 15.9 Å². The van der Waals surface area contributed by atoms with Gasteiger partial charge in [0.1, 0.15) is 0 Å². The van der Waals surface area contributed by atoms with E-state index in [2.05, 4.69) is 46.3 Å². The molecule has 100 valence electrons. The quantitative estimate of drug-likeness (QED) is 0.718. The van der Waals surface area contributed by atoms with Crippen molar-refractivity contribution in [1.82, 2.24) is 0 Å². The third-order valence-electron chi connectivity index (χ3n) is 4.84. The summed E-state index contributed by atoms with van der Waals surface area (Å²) in [5.74, 6) is -0.275. The van der Waals surface area contributed by atoms with Crippen LogP contribution in [0.2, 0.25) is 0 Å². The Morgan fingerprint density at radius 2 is 1.74 bits per heavy atom. The summed E-state index contributed by atoms with van der Waals surface area (Å²) in [4.78, 5) is 0. The third-order valence-corrected chi connectivity index (χ3v) is 5.50.